The van der Waals surface area contributed by atoms with Crippen molar-refractivity contribution in [2.45, 2.75) is 6.42 Å². The van der Waals surface area contributed by atoms with Gasteiger partial charge in [-0.05, 0) is 35.7 Å². The highest BCUT2D eigenvalue weighted by atomic mass is 19.1. The first-order valence-electron chi connectivity index (χ1n) is 5.08. The quantitative estimate of drug-likeness (QED) is 0.882. The molecule has 2 aromatic rings. The van der Waals surface area contributed by atoms with Crippen molar-refractivity contribution in [3.63, 3.8) is 0 Å². The van der Waals surface area contributed by atoms with Crippen LogP contribution in [0.2, 0.25) is 0 Å². The van der Waals surface area contributed by atoms with Gasteiger partial charge >= 0.3 is 5.97 Å². The molecular formula is C13H10FNO2. The van der Waals surface area contributed by atoms with Crippen LogP contribution in [0.1, 0.15) is 21.5 Å². The minimum atomic E-state index is -1.24. The standard InChI is InChI=1S/C13H10FNO2/c14-11-3-1-2-10(12(11)13(16)17)8-9-4-6-15-7-5-9/h1-7H,8H2,(H,16,17). The van der Waals surface area contributed by atoms with Crippen LogP contribution in [0.3, 0.4) is 0 Å². The Morgan fingerprint density at radius 3 is 2.59 bits per heavy atom. The molecule has 1 aromatic heterocycles. The van der Waals surface area contributed by atoms with Crippen molar-refractivity contribution in [3.05, 3.63) is 65.2 Å². The van der Waals surface area contributed by atoms with Crippen molar-refractivity contribution in [1.82, 2.24) is 4.98 Å². The van der Waals surface area contributed by atoms with Crippen molar-refractivity contribution < 1.29 is 14.3 Å². The maximum atomic E-state index is 13.4. The van der Waals surface area contributed by atoms with Crippen LogP contribution in [-0.2, 0) is 6.42 Å². The summed E-state index contributed by atoms with van der Waals surface area (Å²) in [6, 6.07) is 7.83. The number of hydrogen-bond acceptors (Lipinski definition) is 2. The zero-order chi connectivity index (χ0) is 12.3. The van der Waals surface area contributed by atoms with Crippen LogP contribution >= 0.6 is 0 Å². The fraction of sp³-hybridized carbons (Fsp3) is 0.0769. The van der Waals surface area contributed by atoms with Crippen molar-refractivity contribution >= 4 is 5.97 Å². The third-order valence-corrected chi connectivity index (χ3v) is 2.46. The molecule has 0 saturated carbocycles. The van der Waals surface area contributed by atoms with Crippen molar-refractivity contribution in [2.24, 2.45) is 0 Å². The summed E-state index contributed by atoms with van der Waals surface area (Å²) in [5.41, 5.74) is 1.10. The lowest BCUT2D eigenvalue weighted by atomic mass is 10.00. The molecule has 1 aromatic carbocycles. The summed E-state index contributed by atoms with van der Waals surface area (Å²) in [5, 5.41) is 8.97. The first-order chi connectivity index (χ1) is 8.18. The van der Waals surface area contributed by atoms with E-state index < -0.39 is 11.8 Å². The molecule has 0 aliphatic heterocycles. The van der Waals surface area contributed by atoms with Gasteiger partial charge in [-0.3, -0.25) is 4.98 Å². The molecule has 1 N–H and O–H groups in total. The molecule has 2 rings (SSSR count). The number of carboxylic acids is 1. The van der Waals surface area contributed by atoms with Crippen LogP contribution in [0.5, 0.6) is 0 Å². The number of aromatic carboxylic acids is 1. The first kappa shape index (κ1) is 11.3. The van der Waals surface area contributed by atoms with E-state index in [2.05, 4.69) is 4.98 Å². The van der Waals surface area contributed by atoms with Crippen LogP contribution in [0, 0.1) is 5.82 Å². The van der Waals surface area contributed by atoms with Crippen LogP contribution in [0.25, 0.3) is 0 Å². The number of nitrogens with zero attached hydrogens (tertiary/aromatic N) is 1. The maximum absolute atomic E-state index is 13.4. The molecule has 1 heterocycles. The molecule has 86 valence electrons. The normalized spacial score (nSPS) is 10.2. The van der Waals surface area contributed by atoms with Gasteiger partial charge in [-0.2, -0.15) is 0 Å². The van der Waals surface area contributed by atoms with E-state index in [9.17, 15) is 9.18 Å². The largest absolute Gasteiger partial charge is 0.478 e. The number of benzene rings is 1. The van der Waals surface area contributed by atoms with Crippen LogP contribution in [-0.4, -0.2) is 16.1 Å². The Kier molecular flexibility index (Phi) is 3.14. The summed E-state index contributed by atoms with van der Waals surface area (Å²) in [7, 11) is 0. The lowest BCUT2D eigenvalue weighted by Crippen LogP contribution is -2.06. The monoisotopic (exact) mass is 231 g/mol. The highest BCUT2D eigenvalue weighted by Gasteiger charge is 2.15. The van der Waals surface area contributed by atoms with Gasteiger partial charge in [0.2, 0.25) is 0 Å². The zero-order valence-corrected chi connectivity index (χ0v) is 8.93. The summed E-state index contributed by atoms with van der Waals surface area (Å²) < 4.78 is 13.4. The molecule has 3 nitrogen and oxygen atoms in total. The smallest absolute Gasteiger partial charge is 0.338 e. The number of pyridine rings is 1. The fourth-order valence-electron chi connectivity index (χ4n) is 1.68. The van der Waals surface area contributed by atoms with Gasteiger partial charge in [-0.25, -0.2) is 9.18 Å². The van der Waals surface area contributed by atoms with Gasteiger partial charge in [0.1, 0.15) is 5.82 Å². The van der Waals surface area contributed by atoms with E-state index in [1.54, 1.807) is 30.6 Å². The Bertz CT molecular complexity index is 540. The molecular weight excluding hydrogens is 221 g/mol. The van der Waals surface area contributed by atoms with Gasteiger partial charge in [0.15, 0.2) is 0 Å². The molecule has 0 amide bonds. The lowest BCUT2D eigenvalue weighted by molar-refractivity contribution is 0.0691. The Balaban J connectivity index is 2.40. The second-order valence-corrected chi connectivity index (χ2v) is 3.61. The summed E-state index contributed by atoms with van der Waals surface area (Å²) in [6.07, 6.45) is 3.62. The van der Waals surface area contributed by atoms with E-state index in [0.717, 1.165) is 11.6 Å². The van der Waals surface area contributed by atoms with Crippen LogP contribution < -0.4 is 0 Å². The van der Waals surface area contributed by atoms with Crippen molar-refractivity contribution in [3.8, 4) is 0 Å². The summed E-state index contributed by atoms with van der Waals surface area (Å²) >= 11 is 0. The second-order valence-electron chi connectivity index (χ2n) is 3.61. The number of rotatable bonds is 3. The van der Waals surface area contributed by atoms with Gasteiger partial charge < -0.3 is 5.11 Å². The average Bonchev–Trinajstić information content (AvgIpc) is 2.30. The number of carboxylic acid groups (broad SMARTS) is 1. The average molecular weight is 231 g/mol. The highest BCUT2D eigenvalue weighted by Crippen LogP contribution is 2.17. The van der Waals surface area contributed by atoms with Gasteiger partial charge in [0, 0.05) is 12.4 Å². The molecule has 0 aliphatic rings. The molecule has 0 bridgehead atoms. The maximum Gasteiger partial charge on any atom is 0.338 e. The Morgan fingerprint density at radius 1 is 1.24 bits per heavy atom. The van der Waals surface area contributed by atoms with Gasteiger partial charge in [-0.1, -0.05) is 12.1 Å². The van der Waals surface area contributed by atoms with E-state index >= 15 is 0 Å². The third kappa shape index (κ3) is 2.47. The van der Waals surface area contributed by atoms with E-state index in [1.807, 2.05) is 0 Å². The Hall–Kier alpha value is -2.23. The van der Waals surface area contributed by atoms with Crippen molar-refractivity contribution in [2.75, 3.05) is 0 Å². The third-order valence-electron chi connectivity index (χ3n) is 2.46. The molecule has 0 radical (unpaired) electrons. The molecule has 17 heavy (non-hydrogen) atoms. The minimum absolute atomic E-state index is 0.260. The number of aromatic nitrogens is 1. The topological polar surface area (TPSA) is 50.2 Å². The molecule has 4 heteroatoms. The Morgan fingerprint density at radius 2 is 1.94 bits per heavy atom. The molecule has 0 aliphatic carbocycles. The highest BCUT2D eigenvalue weighted by molar-refractivity contribution is 5.89. The second kappa shape index (κ2) is 4.74. The van der Waals surface area contributed by atoms with Crippen LogP contribution in [0.15, 0.2) is 42.7 Å². The lowest BCUT2D eigenvalue weighted by Gasteiger charge is -2.06. The fourth-order valence-corrected chi connectivity index (χ4v) is 1.68. The zero-order valence-electron chi connectivity index (χ0n) is 8.93. The molecule has 0 unspecified atom stereocenters. The van der Waals surface area contributed by atoms with E-state index in [4.69, 9.17) is 5.11 Å². The molecule has 0 atom stereocenters. The van der Waals surface area contributed by atoms with E-state index in [0.29, 0.717) is 12.0 Å². The van der Waals surface area contributed by atoms with Crippen LogP contribution in [0.4, 0.5) is 4.39 Å². The van der Waals surface area contributed by atoms with Gasteiger partial charge in [-0.15, -0.1) is 0 Å². The predicted molar refractivity (Wildman–Crippen MR) is 60.4 cm³/mol. The molecule has 0 fully saturated rings. The summed E-state index contributed by atoms with van der Waals surface area (Å²) in [4.78, 5) is 14.9. The number of halogens is 1. The van der Waals surface area contributed by atoms with Crippen molar-refractivity contribution in [1.29, 1.82) is 0 Å². The van der Waals surface area contributed by atoms with E-state index in [1.165, 1.54) is 6.07 Å². The van der Waals surface area contributed by atoms with Gasteiger partial charge in [0.25, 0.3) is 0 Å². The number of hydrogen-bond donors (Lipinski definition) is 1. The molecule has 0 saturated heterocycles. The Labute approximate surface area is 97.6 Å². The minimum Gasteiger partial charge on any atom is -0.478 e. The predicted octanol–water partition coefficient (Wildman–Crippen LogP) is 2.51. The van der Waals surface area contributed by atoms with Gasteiger partial charge in [0.05, 0.1) is 5.56 Å². The summed E-state index contributed by atoms with van der Waals surface area (Å²) in [6.45, 7) is 0. The first-order valence-corrected chi connectivity index (χ1v) is 5.08. The SMILES string of the molecule is O=C(O)c1c(F)cccc1Cc1ccncc1. The summed E-state index contributed by atoms with van der Waals surface area (Å²) in [5.74, 6) is -1.95. The molecule has 0 spiro atoms. The van der Waals surface area contributed by atoms with E-state index in [-0.39, 0.29) is 5.56 Å². The number of carbonyl (C=O) groups is 1.